The highest BCUT2D eigenvalue weighted by atomic mass is 19.2. The largest absolute Gasteiger partial charge is 0.492 e. The predicted octanol–water partition coefficient (Wildman–Crippen LogP) is 4.54. The van der Waals surface area contributed by atoms with Gasteiger partial charge in [0.2, 0.25) is 0 Å². The molecule has 2 aromatic rings. The SMILES string of the molecule is CCOc1ccccc1NC(C)c1ccc(F)c(F)c1. The minimum absolute atomic E-state index is 0.160. The molecule has 0 aliphatic carbocycles. The van der Waals surface area contributed by atoms with Crippen molar-refractivity contribution in [1.82, 2.24) is 0 Å². The average molecular weight is 277 g/mol. The fourth-order valence-electron chi connectivity index (χ4n) is 1.97. The summed E-state index contributed by atoms with van der Waals surface area (Å²) in [5.41, 5.74) is 1.50. The number of hydrogen-bond acceptors (Lipinski definition) is 2. The zero-order chi connectivity index (χ0) is 14.5. The third-order valence-electron chi connectivity index (χ3n) is 3.00. The van der Waals surface area contributed by atoms with Crippen LogP contribution in [0.3, 0.4) is 0 Å². The van der Waals surface area contributed by atoms with Crippen molar-refractivity contribution in [3.05, 3.63) is 59.7 Å². The number of para-hydroxylation sites is 2. The standard InChI is InChI=1S/C16H17F2NO/c1-3-20-16-7-5-4-6-15(16)19-11(2)12-8-9-13(17)14(18)10-12/h4-11,19H,3H2,1-2H3. The van der Waals surface area contributed by atoms with Gasteiger partial charge in [0.05, 0.1) is 12.3 Å². The second-order valence-electron chi connectivity index (χ2n) is 4.47. The number of halogens is 2. The maximum absolute atomic E-state index is 13.3. The van der Waals surface area contributed by atoms with Gasteiger partial charge in [-0.25, -0.2) is 8.78 Å². The van der Waals surface area contributed by atoms with E-state index >= 15 is 0 Å². The van der Waals surface area contributed by atoms with Crippen LogP contribution >= 0.6 is 0 Å². The van der Waals surface area contributed by atoms with Crippen molar-refractivity contribution in [1.29, 1.82) is 0 Å². The number of hydrogen-bond donors (Lipinski definition) is 1. The van der Waals surface area contributed by atoms with E-state index < -0.39 is 11.6 Å². The van der Waals surface area contributed by atoms with E-state index in [0.29, 0.717) is 12.2 Å². The highest BCUT2D eigenvalue weighted by Crippen LogP contribution is 2.28. The van der Waals surface area contributed by atoms with Gasteiger partial charge in [-0.05, 0) is 43.7 Å². The second-order valence-corrected chi connectivity index (χ2v) is 4.47. The van der Waals surface area contributed by atoms with E-state index in [9.17, 15) is 8.78 Å². The lowest BCUT2D eigenvalue weighted by molar-refractivity contribution is 0.341. The molecule has 0 fully saturated rings. The first-order chi connectivity index (χ1) is 9.61. The third kappa shape index (κ3) is 3.26. The Kier molecular flexibility index (Phi) is 4.56. The first kappa shape index (κ1) is 14.3. The van der Waals surface area contributed by atoms with Crippen LogP contribution in [0.4, 0.5) is 14.5 Å². The van der Waals surface area contributed by atoms with Gasteiger partial charge < -0.3 is 10.1 Å². The van der Waals surface area contributed by atoms with Gasteiger partial charge in [0.25, 0.3) is 0 Å². The van der Waals surface area contributed by atoms with E-state index in [1.165, 1.54) is 6.07 Å². The fraction of sp³-hybridized carbons (Fsp3) is 0.250. The maximum atomic E-state index is 13.3. The summed E-state index contributed by atoms with van der Waals surface area (Å²) in [6.45, 7) is 4.36. The molecule has 1 N–H and O–H groups in total. The molecule has 0 saturated carbocycles. The molecule has 106 valence electrons. The summed E-state index contributed by atoms with van der Waals surface area (Å²) in [5, 5.41) is 3.24. The molecule has 1 atom stereocenters. The Morgan fingerprint density at radius 3 is 2.55 bits per heavy atom. The maximum Gasteiger partial charge on any atom is 0.159 e. The Balaban J connectivity index is 2.18. The lowest BCUT2D eigenvalue weighted by Crippen LogP contribution is -2.08. The highest BCUT2D eigenvalue weighted by molar-refractivity contribution is 5.57. The first-order valence-electron chi connectivity index (χ1n) is 6.55. The highest BCUT2D eigenvalue weighted by Gasteiger charge is 2.11. The van der Waals surface area contributed by atoms with E-state index in [4.69, 9.17) is 4.74 Å². The molecule has 4 heteroatoms. The van der Waals surface area contributed by atoms with Gasteiger partial charge in [0, 0.05) is 6.04 Å². The zero-order valence-corrected chi connectivity index (χ0v) is 11.5. The molecule has 0 aromatic heterocycles. The summed E-state index contributed by atoms with van der Waals surface area (Å²) in [5.74, 6) is -0.936. The van der Waals surface area contributed by atoms with Crippen LogP contribution in [0.5, 0.6) is 5.75 Å². The van der Waals surface area contributed by atoms with Crippen LogP contribution in [-0.4, -0.2) is 6.61 Å². The van der Waals surface area contributed by atoms with Crippen LogP contribution in [0, 0.1) is 11.6 Å². The molecule has 20 heavy (non-hydrogen) atoms. The lowest BCUT2D eigenvalue weighted by Gasteiger charge is -2.18. The molecule has 0 amide bonds. The minimum Gasteiger partial charge on any atom is -0.492 e. The Morgan fingerprint density at radius 1 is 1.10 bits per heavy atom. The van der Waals surface area contributed by atoms with Crippen molar-refractivity contribution >= 4 is 5.69 Å². The van der Waals surface area contributed by atoms with E-state index in [1.54, 1.807) is 6.07 Å². The van der Waals surface area contributed by atoms with E-state index in [1.807, 2.05) is 38.1 Å². The Bertz CT molecular complexity index is 586. The predicted molar refractivity (Wildman–Crippen MR) is 76.0 cm³/mol. The number of benzene rings is 2. The minimum atomic E-state index is -0.839. The molecule has 0 saturated heterocycles. The van der Waals surface area contributed by atoms with E-state index in [-0.39, 0.29) is 6.04 Å². The Morgan fingerprint density at radius 2 is 1.85 bits per heavy atom. The van der Waals surface area contributed by atoms with E-state index in [2.05, 4.69) is 5.32 Å². The molecule has 0 radical (unpaired) electrons. The Hall–Kier alpha value is -2.10. The van der Waals surface area contributed by atoms with Crippen LogP contribution in [-0.2, 0) is 0 Å². The smallest absolute Gasteiger partial charge is 0.159 e. The fourth-order valence-corrected chi connectivity index (χ4v) is 1.97. The normalized spacial score (nSPS) is 12.0. The van der Waals surface area contributed by atoms with Crippen LogP contribution in [0.1, 0.15) is 25.5 Å². The summed E-state index contributed by atoms with van der Waals surface area (Å²) < 4.78 is 31.7. The van der Waals surface area contributed by atoms with Crippen LogP contribution in [0.25, 0.3) is 0 Å². The molecule has 2 rings (SSSR count). The monoisotopic (exact) mass is 277 g/mol. The first-order valence-corrected chi connectivity index (χ1v) is 6.55. The van der Waals surface area contributed by atoms with Crippen molar-refractivity contribution in [3.8, 4) is 5.75 Å². The summed E-state index contributed by atoms with van der Waals surface area (Å²) in [6.07, 6.45) is 0. The van der Waals surface area contributed by atoms with E-state index in [0.717, 1.165) is 17.5 Å². The molecule has 0 bridgehead atoms. The van der Waals surface area contributed by atoms with Crippen LogP contribution in [0.2, 0.25) is 0 Å². The van der Waals surface area contributed by atoms with Crippen molar-refractivity contribution in [3.63, 3.8) is 0 Å². The van der Waals surface area contributed by atoms with Crippen molar-refractivity contribution in [2.24, 2.45) is 0 Å². The quantitative estimate of drug-likeness (QED) is 0.866. The lowest BCUT2D eigenvalue weighted by atomic mass is 10.1. The third-order valence-corrected chi connectivity index (χ3v) is 3.00. The van der Waals surface area contributed by atoms with Gasteiger partial charge in [0.1, 0.15) is 5.75 Å². The van der Waals surface area contributed by atoms with Gasteiger partial charge in [-0.3, -0.25) is 0 Å². The van der Waals surface area contributed by atoms with Gasteiger partial charge in [-0.2, -0.15) is 0 Å². The average Bonchev–Trinajstić information content (AvgIpc) is 2.44. The molecule has 1 unspecified atom stereocenters. The van der Waals surface area contributed by atoms with Crippen molar-refractivity contribution < 1.29 is 13.5 Å². The zero-order valence-electron chi connectivity index (χ0n) is 11.5. The van der Waals surface area contributed by atoms with Gasteiger partial charge in [0.15, 0.2) is 11.6 Å². The summed E-state index contributed by atoms with van der Waals surface area (Å²) in [6, 6.07) is 11.3. The number of anilines is 1. The topological polar surface area (TPSA) is 21.3 Å². The number of ether oxygens (including phenoxy) is 1. The molecule has 0 heterocycles. The molecule has 0 spiro atoms. The molecule has 2 nitrogen and oxygen atoms in total. The molecular weight excluding hydrogens is 260 g/mol. The molecule has 0 aliphatic rings. The van der Waals surface area contributed by atoms with Crippen molar-refractivity contribution in [2.45, 2.75) is 19.9 Å². The summed E-state index contributed by atoms with van der Waals surface area (Å²) in [7, 11) is 0. The molecule has 2 aromatic carbocycles. The molecule has 0 aliphatic heterocycles. The number of nitrogens with one attached hydrogen (secondary N) is 1. The summed E-state index contributed by atoms with van der Waals surface area (Å²) >= 11 is 0. The Labute approximate surface area is 117 Å². The molecular formula is C16H17F2NO. The second kappa shape index (κ2) is 6.37. The van der Waals surface area contributed by atoms with Crippen molar-refractivity contribution in [2.75, 3.05) is 11.9 Å². The van der Waals surface area contributed by atoms with Gasteiger partial charge >= 0.3 is 0 Å². The summed E-state index contributed by atoms with van der Waals surface area (Å²) in [4.78, 5) is 0. The van der Waals surface area contributed by atoms with Crippen LogP contribution < -0.4 is 10.1 Å². The number of rotatable bonds is 5. The van der Waals surface area contributed by atoms with Gasteiger partial charge in [-0.15, -0.1) is 0 Å². The van der Waals surface area contributed by atoms with Gasteiger partial charge in [-0.1, -0.05) is 18.2 Å². The van der Waals surface area contributed by atoms with Crippen LogP contribution in [0.15, 0.2) is 42.5 Å².